The molecule has 5 heteroatoms. The lowest BCUT2D eigenvalue weighted by Crippen LogP contribution is -2.46. The number of carboxylic acids is 1. The minimum atomic E-state index is -1.14. The summed E-state index contributed by atoms with van der Waals surface area (Å²) in [6.07, 6.45) is -0.592. The van der Waals surface area contributed by atoms with E-state index < -0.39 is 18.1 Å². The third-order valence-corrected chi connectivity index (χ3v) is 2.40. The van der Waals surface area contributed by atoms with Crippen LogP contribution in [0.25, 0.3) is 0 Å². The van der Waals surface area contributed by atoms with E-state index in [-0.39, 0.29) is 11.8 Å². The summed E-state index contributed by atoms with van der Waals surface area (Å²) in [5, 5.41) is 18.2. The molecule has 2 atom stereocenters. The molecule has 0 radical (unpaired) electrons. The van der Waals surface area contributed by atoms with Crippen molar-refractivity contribution in [2.45, 2.75) is 32.4 Å². The van der Waals surface area contributed by atoms with Gasteiger partial charge in [0.25, 0.3) is 0 Å². The van der Waals surface area contributed by atoms with Crippen molar-refractivity contribution >= 4 is 11.9 Å². The van der Waals surface area contributed by atoms with Gasteiger partial charge < -0.3 is 15.1 Å². The van der Waals surface area contributed by atoms with Crippen molar-refractivity contribution in [3.8, 4) is 0 Å². The number of carboxylic acid groups (broad SMARTS) is 1. The number of nitrogens with zero attached hydrogens (tertiary/aromatic N) is 1. The van der Waals surface area contributed by atoms with Crippen LogP contribution in [0.2, 0.25) is 0 Å². The fraction of sp³-hybridized carbons (Fsp3) is 0.778. The number of carbonyl (C=O) groups excluding carboxylic acids is 1. The molecule has 1 amide bonds. The van der Waals surface area contributed by atoms with Gasteiger partial charge in [-0.15, -0.1) is 0 Å². The van der Waals surface area contributed by atoms with Gasteiger partial charge in [-0.1, -0.05) is 13.8 Å². The molecule has 0 spiro atoms. The van der Waals surface area contributed by atoms with Crippen LogP contribution in [0.5, 0.6) is 0 Å². The Labute approximate surface area is 82.3 Å². The highest BCUT2D eigenvalue weighted by Crippen LogP contribution is 2.20. The first-order valence-electron chi connectivity index (χ1n) is 4.66. The van der Waals surface area contributed by atoms with E-state index in [2.05, 4.69) is 0 Å². The molecule has 14 heavy (non-hydrogen) atoms. The second kappa shape index (κ2) is 3.96. The second-order valence-corrected chi connectivity index (χ2v) is 3.83. The number of amides is 1. The number of carbonyl (C=O) groups is 2. The van der Waals surface area contributed by atoms with E-state index in [1.54, 1.807) is 13.8 Å². The molecule has 0 bridgehead atoms. The average molecular weight is 201 g/mol. The highest BCUT2D eigenvalue weighted by molar-refractivity contribution is 5.85. The van der Waals surface area contributed by atoms with E-state index in [4.69, 9.17) is 5.11 Å². The Kier molecular flexibility index (Phi) is 3.10. The summed E-state index contributed by atoms with van der Waals surface area (Å²) >= 11 is 0. The van der Waals surface area contributed by atoms with Crippen LogP contribution >= 0.6 is 0 Å². The molecule has 0 saturated carbocycles. The van der Waals surface area contributed by atoms with Crippen LogP contribution in [0.15, 0.2) is 0 Å². The minimum Gasteiger partial charge on any atom is -0.480 e. The van der Waals surface area contributed by atoms with Crippen molar-refractivity contribution in [2.75, 3.05) is 6.54 Å². The van der Waals surface area contributed by atoms with E-state index >= 15 is 0 Å². The predicted octanol–water partition coefficient (Wildman–Crippen LogP) is -0.311. The molecule has 1 aliphatic heterocycles. The van der Waals surface area contributed by atoms with Gasteiger partial charge in [0.15, 0.2) is 6.04 Å². The Morgan fingerprint density at radius 3 is 2.43 bits per heavy atom. The molecule has 1 heterocycles. The minimum absolute atomic E-state index is 0.214. The molecule has 1 saturated heterocycles. The zero-order chi connectivity index (χ0) is 10.9. The largest absolute Gasteiger partial charge is 0.480 e. The van der Waals surface area contributed by atoms with Crippen molar-refractivity contribution < 1.29 is 19.8 Å². The van der Waals surface area contributed by atoms with Crippen molar-refractivity contribution in [3.05, 3.63) is 0 Å². The maximum atomic E-state index is 11.6. The van der Waals surface area contributed by atoms with Crippen LogP contribution in [0.1, 0.15) is 20.3 Å². The fourth-order valence-electron chi connectivity index (χ4n) is 1.65. The Bertz CT molecular complexity index is 251. The Balaban J connectivity index is 2.79. The maximum Gasteiger partial charge on any atom is 0.329 e. The van der Waals surface area contributed by atoms with Gasteiger partial charge in [-0.2, -0.15) is 0 Å². The molecule has 0 aromatic heterocycles. The zero-order valence-electron chi connectivity index (χ0n) is 8.30. The van der Waals surface area contributed by atoms with Crippen molar-refractivity contribution in [2.24, 2.45) is 5.92 Å². The van der Waals surface area contributed by atoms with E-state index in [0.29, 0.717) is 13.0 Å². The number of hydrogen-bond donors (Lipinski definition) is 2. The predicted molar refractivity (Wildman–Crippen MR) is 48.6 cm³/mol. The van der Waals surface area contributed by atoms with E-state index in [9.17, 15) is 14.7 Å². The smallest absolute Gasteiger partial charge is 0.329 e. The first-order chi connectivity index (χ1) is 6.45. The number of likely N-dealkylation sites (tertiary alicyclic amines) is 1. The van der Waals surface area contributed by atoms with E-state index in [1.165, 1.54) is 4.90 Å². The summed E-state index contributed by atoms with van der Waals surface area (Å²) in [6.45, 7) is 3.76. The lowest BCUT2D eigenvalue weighted by atomic mass is 10.1. The SMILES string of the molecule is CC(C)C(=O)N1CC[C@@H](O)[C@@H]1C(=O)O. The van der Waals surface area contributed by atoms with Crippen LogP contribution < -0.4 is 0 Å². The molecule has 2 N–H and O–H groups in total. The summed E-state index contributed by atoms with van der Waals surface area (Å²) < 4.78 is 0. The molecule has 5 nitrogen and oxygen atoms in total. The summed E-state index contributed by atoms with van der Waals surface area (Å²) in [6, 6.07) is -1.06. The van der Waals surface area contributed by atoms with Gasteiger partial charge in [-0.25, -0.2) is 4.79 Å². The van der Waals surface area contributed by atoms with Crippen LogP contribution in [-0.2, 0) is 9.59 Å². The topological polar surface area (TPSA) is 77.8 Å². The van der Waals surface area contributed by atoms with Crippen LogP contribution in [-0.4, -0.2) is 45.7 Å². The van der Waals surface area contributed by atoms with Crippen LogP contribution in [0.3, 0.4) is 0 Å². The molecule has 80 valence electrons. The monoisotopic (exact) mass is 201 g/mol. The van der Waals surface area contributed by atoms with E-state index in [0.717, 1.165) is 0 Å². The molecule has 0 aromatic rings. The normalized spacial score (nSPS) is 27.0. The van der Waals surface area contributed by atoms with Gasteiger partial charge in [-0.3, -0.25) is 4.79 Å². The number of hydrogen-bond acceptors (Lipinski definition) is 3. The average Bonchev–Trinajstić information content (AvgIpc) is 2.45. The molecular formula is C9H15NO4. The summed E-state index contributed by atoms with van der Waals surface area (Å²) in [7, 11) is 0. The Morgan fingerprint density at radius 2 is 2.00 bits per heavy atom. The summed E-state index contributed by atoms with van der Waals surface area (Å²) in [4.78, 5) is 23.6. The number of aliphatic carboxylic acids is 1. The van der Waals surface area contributed by atoms with Gasteiger partial charge in [0.2, 0.25) is 5.91 Å². The molecule has 1 fully saturated rings. The van der Waals surface area contributed by atoms with Gasteiger partial charge in [0, 0.05) is 12.5 Å². The van der Waals surface area contributed by atoms with E-state index in [1.807, 2.05) is 0 Å². The van der Waals surface area contributed by atoms with Crippen molar-refractivity contribution in [1.29, 1.82) is 0 Å². The zero-order valence-corrected chi connectivity index (χ0v) is 8.30. The highest BCUT2D eigenvalue weighted by Gasteiger charge is 2.41. The molecule has 0 aromatic carbocycles. The standard InChI is InChI=1S/C9H15NO4/c1-5(2)8(12)10-4-3-6(11)7(10)9(13)14/h5-7,11H,3-4H2,1-2H3,(H,13,14)/t6-,7-/m1/s1. The van der Waals surface area contributed by atoms with Gasteiger partial charge in [0.1, 0.15) is 0 Å². The summed E-state index contributed by atoms with van der Waals surface area (Å²) in [5.74, 6) is -1.58. The third-order valence-electron chi connectivity index (χ3n) is 2.40. The third kappa shape index (κ3) is 1.87. The number of aliphatic hydroxyl groups excluding tert-OH is 1. The highest BCUT2D eigenvalue weighted by atomic mass is 16.4. The Morgan fingerprint density at radius 1 is 1.43 bits per heavy atom. The van der Waals surface area contributed by atoms with Crippen LogP contribution in [0.4, 0.5) is 0 Å². The molecular weight excluding hydrogens is 186 g/mol. The van der Waals surface area contributed by atoms with Gasteiger partial charge >= 0.3 is 5.97 Å². The molecule has 0 unspecified atom stereocenters. The van der Waals surface area contributed by atoms with Crippen molar-refractivity contribution in [3.63, 3.8) is 0 Å². The number of aliphatic hydroxyl groups is 1. The molecule has 0 aliphatic carbocycles. The van der Waals surface area contributed by atoms with Crippen LogP contribution in [0, 0.1) is 5.92 Å². The molecule has 1 rings (SSSR count). The fourth-order valence-corrected chi connectivity index (χ4v) is 1.65. The lowest BCUT2D eigenvalue weighted by Gasteiger charge is -2.24. The molecule has 1 aliphatic rings. The Hall–Kier alpha value is -1.10. The quantitative estimate of drug-likeness (QED) is 0.642. The second-order valence-electron chi connectivity index (χ2n) is 3.83. The van der Waals surface area contributed by atoms with Gasteiger partial charge in [0.05, 0.1) is 6.10 Å². The maximum absolute atomic E-state index is 11.6. The number of rotatable bonds is 2. The first-order valence-corrected chi connectivity index (χ1v) is 4.66. The van der Waals surface area contributed by atoms with Gasteiger partial charge in [-0.05, 0) is 6.42 Å². The first kappa shape index (κ1) is 11.0. The van der Waals surface area contributed by atoms with Crippen molar-refractivity contribution in [1.82, 2.24) is 4.90 Å². The summed E-state index contributed by atoms with van der Waals surface area (Å²) in [5.41, 5.74) is 0. The lowest BCUT2D eigenvalue weighted by molar-refractivity contribution is -0.152.